The van der Waals surface area contributed by atoms with Crippen LogP contribution in [0.15, 0.2) is 24.3 Å². The molecule has 1 heterocycles. The molecule has 114 valence electrons. The Labute approximate surface area is 124 Å². The lowest BCUT2D eigenvalue weighted by atomic mass is 9.97. The van der Waals surface area contributed by atoms with Crippen molar-refractivity contribution in [3.63, 3.8) is 0 Å². The Bertz CT molecular complexity index is 512. The predicted molar refractivity (Wildman–Crippen MR) is 79.3 cm³/mol. The number of benzene rings is 1. The third-order valence-electron chi connectivity index (χ3n) is 3.80. The zero-order valence-electron chi connectivity index (χ0n) is 12.3. The summed E-state index contributed by atoms with van der Waals surface area (Å²) in [5.74, 6) is -0.970. The highest BCUT2D eigenvalue weighted by Gasteiger charge is 2.28. The van der Waals surface area contributed by atoms with Crippen LogP contribution in [0.25, 0.3) is 0 Å². The van der Waals surface area contributed by atoms with Crippen molar-refractivity contribution < 1.29 is 19.4 Å². The van der Waals surface area contributed by atoms with Gasteiger partial charge in [0.2, 0.25) is 5.91 Å². The first-order valence-corrected chi connectivity index (χ1v) is 7.20. The van der Waals surface area contributed by atoms with Gasteiger partial charge in [0.15, 0.2) is 0 Å². The molecule has 1 aliphatic rings. The Hall–Kier alpha value is -1.88. The van der Waals surface area contributed by atoms with Crippen LogP contribution in [0.5, 0.6) is 0 Å². The summed E-state index contributed by atoms with van der Waals surface area (Å²) in [4.78, 5) is 22.8. The second-order valence-electron chi connectivity index (χ2n) is 5.69. The van der Waals surface area contributed by atoms with Crippen LogP contribution in [-0.2, 0) is 14.3 Å². The number of hydrogen-bond donors (Lipinski definition) is 2. The van der Waals surface area contributed by atoms with E-state index in [4.69, 9.17) is 9.84 Å². The highest BCUT2D eigenvalue weighted by Crippen LogP contribution is 2.23. The maximum Gasteiger partial charge on any atom is 0.303 e. The molecular weight excluding hydrogens is 270 g/mol. The first-order valence-electron chi connectivity index (χ1n) is 7.20. The molecule has 1 aromatic carbocycles. The van der Waals surface area contributed by atoms with E-state index in [-0.39, 0.29) is 30.3 Å². The first kappa shape index (κ1) is 15.5. The standard InChI is InChI=1S/C16H21NO4/c1-10(7-15(18)19)12-3-5-14(6-4-12)17-16(20)13-8-11(2)21-9-13/h3-6,10-11,13H,7-9H2,1-2H3,(H,17,20)(H,18,19). The number of hydrogen-bond acceptors (Lipinski definition) is 3. The van der Waals surface area contributed by atoms with E-state index < -0.39 is 5.97 Å². The largest absolute Gasteiger partial charge is 0.481 e. The minimum absolute atomic E-state index is 0.0225. The van der Waals surface area contributed by atoms with E-state index in [0.717, 1.165) is 17.7 Å². The minimum Gasteiger partial charge on any atom is -0.481 e. The van der Waals surface area contributed by atoms with Crippen LogP contribution in [-0.4, -0.2) is 29.7 Å². The maximum atomic E-state index is 12.1. The number of amides is 1. The van der Waals surface area contributed by atoms with E-state index >= 15 is 0 Å². The molecule has 3 atom stereocenters. The van der Waals surface area contributed by atoms with Crippen LogP contribution in [0, 0.1) is 5.92 Å². The lowest BCUT2D eigenvalue weighted by Crippen LogP contribution is -2.23. The number of carboxylic acids is 1. The van der Waals surface area contributed by atoms with Gasteiger partial charge in [-0.05, 0) is 37.0 Å². The second kappa shape index (κ2) is 6.72. The highest BCUT2D eigenvalue weighted by molar-refractivity contribution is 5.92. The Morgan fingerprint density at radius 3 is 2.57 bits per heavy atom. The molecular formula is C16H21NO4. The summed E-state index contributed by atoms with van der Waals surface area (Å²) in [7, 11) is 0. The van der Waals surface area contributed by atoms with Gasteiger partial charge in [0.05, 0.1) is 25.0 Å². The van der Waals surface area contributed by atoms with E-state index in [0.29, 0.717) is 6.61 Å². The van der Waals surface area contributed by atoms with E-state index in [1.165, 1.54) is 0 Å². The lowest BCUT2D eigenvalue weighted by Gasteiger charge is -2.12. The summed E-state index contributed by atoms with van der Waals surface area (Å²) in [5.41, 5.74) is 1.68. The normalized spacial score (nSPS) is 22.8. The van der Waals surface area contributed by atoms with E-state index in [1.807, 2.05) is 38.1 Å². The van der Waals surface area contributed by atoms with Gasteiger partial charge >= 0.3 is 5.97 Å². The number of ether oxygens (including phenoxy) is 1. The summed E-state index contributed by atoms with van der Waals surface area (Å²) in [6.45, 7) is 4.31. The van der Waals surface area contributed by atoms with Crippen molar-refractivity contribution in [1.82, 2.24) is 0 Å². The molecule has 1 fully saturated rings. The summed E-state index contributed by atoms with van der Waals surface area (Å²) >= 11 is 0. The van der Waals surface area contributed by atoms with Crippen LogP contribution >= 0.6 is 0 Å². The smallest absolute Gasteiger partial charge is 0.303 e. The maximum absolute atomic E-state index is 12.1. The van der Waals surface area contributed by atoms with Gasteiger partial charge in [0.1, 0.15) is 0 Å². The van der Waals surface area contributed by atoms with Gasteiger partial charge in [0.25, 0.3) is 0 Å². The van der Waals surface area contributed by atoms with E-state index in [2.05, 4.69) is 5.32 Å². The average Bonchev–Trinajstić information content (AvgIpc) is 2.85. The SMILES string of the molecule is CC1CC(C(=O)Nc2ccc(C(C)CC(=O)O)cc2)CO1. The average molecular weight is 291 g/mol. The van der Waals surface area contributed by atoms with E-state index in [1.54, 1.807) is 0 Å². The monoisotopic (exact) mass is 291 g/mol. The number of rotatable bonds is 5. The van der Waals surface area contributed by atoms with Gasteiger partial charge in [0, 0.05) is 5.69 Å². The Morgan fingerprint density at radius 1 is 1.38 bits per heavy atom. The fourth-order valence-electron chi connectivity index (χ4n) is 2.52. The molecule has 0 aromatic heterocycles. The molecule has 3 unspecified atom stereocenters. The zero-order chi connectivity index (χ0) is 15.4. The predicted octanol–water partition coefficient (Wildman–Crippen LogP) is 2.63. The molecule has 1 amide bonds. The van der Waals surface area contributed by atoms with Gasteiger partial charge < -0.3 is 15.2 Å². The van der Waals surface area contributed by atoms with Crippen molar-refractivity contribution in [2.24, 2.45) is 5.92 Å². The number of carbonyl (C=O) groups is 2. The Kier molecular flexibility index (Phi) is 4.96. The lowest BCUT2D eigenvalue weighted by molar-refractivity contribution is -0.137. The van der Waals surface area contributed by atoms with Crippen LogP contribution < -0.4 is 5.32 Å². The molecule has 0 spiro atoms. The summed E-state index contributed by atoms with van der Waals surface area (Å²) in [5, 5.41) is 11.7. The van der Waals surface area contributed by atoms with Crippen LogP contribution in [0.4, 0.5) is 5.69 Å². The number of carbonyl (C=O) groups excluding carboxylic acids is 1. The number of anilines is 1. The minimum atomic E-state index is -0.810. The fraction of sp³-hybridized carbons (Fsp3) is 0.500. The quantitative estimate of drug-likeness (QED) is 0.874. The van der Waals surface area contributed by atoms with Crippen molar-refractivity contribution in [1.29, 1.82) is 0 Å². The van der Waals surface area contributed by atoms with Gasteiger partial charge in [-0.1, -0.05) is 19.1 Å². The van der Waals surface area contributed by atoms with Crippen molar-refractivity contribution >= 4 is 17.6 Å². The molecule has 2 N–H and O–H groups in total. The fourth-order valence-corrected chi connectivity index (χ4v) is 2.52. The summed E-state index contributed by atoms with van der Waals surface area (Å²) < 4.78 is 5.40. The molecule has 5 heteroatoms. The number of aliphatic carboxylic acids is 1. The molecule has 0 radical (unpaired) electrons. The molecule has 1 aromatic rings. The van der Waals surface area contributed by atoms with Crippen molar-refractivity contribution in [3.05, 3.63) is 29.8 Å². The molecule has 0 saturated carbocycles. The topological polar surface area (TPSA) is 75.6 Å². The van der Waals surface area contributed by atoms with E-state index in [9.17, 15) is 9.59 Å². The van der Waals surface area contributed by atoms with Crippen LogP contribution in [0.1, 0.15) is 38.2 Å². The Morgan fingerprint density at radius 2 is 2.05 bits per heavy atom. The number of carboxylic acid groups (broad SMARTS) is 1. The van der Waals surface area contributed by atoms with Gasteiger partial charge in [-0.25, -0.2) is 0 Å². The first-order chi connectivity index (χ1) is 9.95. The second-order valence-corrected chi connectivity index (χ2v) is 5.69. The van der Waals surface area contributed by atoms with Gasteiger partial charge in [-0.15, -0.1) is 0 Å². The Balaban J connectivity index is 1.93. The molecule has 5 nitrogen and oxygen atoms in total. The molecule has 1 aliphatic heterocycles. The molecule has 0 aliphatic carbocycles. The van der Waals surface area contributed by atoms with Crippen molar-refractivity contribution in [3.8, 4) is 0 Å². The molecule has 1 saturated heterocycles. The highest BCUT2D eigenvalue weighted by atomic mass is 16.5. The number of nitrogens with one attached hydrogen (secondary N) is 1. The summed E-state index contributed by atoms with van der Waals surface area (Å²) in [6, 6.07) is 7.34. The third kappa shape index (κ3) is 4.29. The summed E-state index contributed by atoms with van der Waals surface area (Å²) in [6.07, 6.45) is 0.989. The third-order valence-corrected chi connectivity index (χ3v) is 3.80. The van der Waals surface area contributed by atoms with Crippen molar-refractivity contribution in [2.45, 2.75) is 38.7 Å². The molecule has 2 rings (SSSR count). The molecule has 21 heavy (non-hydrogen) atoms. The van der Waals surface area contributed by atoms with Crippen LogP contribution in [0.3, 0.4) is 0 Å². The molecule has 0 bridgehead atoms. The van der Waals surface area contributed by atoms with Crippen molar-refractivity contribution in [2.75, 3.05) is 11.9 Å². The van der Waals surface area contributed by atoms with Crippen LogP contribution in [0.2, 0.25) is 0 Å². The zero-order valence-corrected chi connectivity index (χ0v) is 12.3. The van der Waals surface area contributed by atoms with Gasteiger partial charge in [-0.2, -0.15) is 0 Å². The van der Waals surface area contributed by atoms with Gasteiger partial charge in [-0.3, -0.25) is 9.59 Å².